The first-order chi connectivity index (χ1) is 18.0. The molecule has 0 unspecified atom stereocenters. The lowest BCUT2D eigenvalue weighted by molar-refractivity contribution is 0.553. The van der Waals surface area contributed by atoms with Crippen molar-refractivity contribution in [1.29, 1.82) is 0 Å². The number of aromatic nitrogens is 1. The van der Waals surface area contributed by atoms with Gasteiger partial charge in [-0.25, -0.2) is 9.38 Å². The third kappa shape index (κ3) is 4.63. The number of benzene rings is 3. The Morgan fingerprint density at radius 3 is 2.35 bits per heavy atom. The van der Waals surface area contributed by atoms with Gasteiger partial charge in [-0.15, -0.1) is 0 Å². The molecule has 0 saturated carbocycles. The minimum Gasteiger partial charge on any atom is -0.272 e. The second-order valence-electron chi connectivity index (χ2n) is 9.10. The van der Waals surface area contributed by atoms with E-state index in [0.29, 0.717) is 24.9 Å². The molecule has 1 aliphatic carbocycles. The van der Waals surface area contributed by atoms with Gasteiger partial charge in [0.2, 0.25) is 0 Å². The Bertz CT molecular complexity index is 1750. The van der Waals surface area contributed by atoms with E-state index in [-0.39, 0.29) is 17.4 Å². The summed E-state index contributed by atoms with van der Waals surface area (Å²) in [6, 6.07) is 21.5. The molecule has 0 N–H and O–H groups in total. The minimum atomic E-state index is -0.366. The third-order valence-corrected chi connectivity index (χ3v) is 8.21. The Labute approximate surface area is 227 Å². The van der Waals surface area contributed by atoms with Crippen molar-refractivity contribution in [3.63, 3.8) is 0 Å². The average Bonchev–Trinajstić information content (AvgIpc) is 3.21. The molecule has 0 fully saturated rings. The summed E-state index contributed by atoms with van der Waals surface area (Å²) in [5.74, 6) is -0.366. The first-order valence-electron chi connectivity index (χ1n) is 12.0. The van der Waals surface area contributed by atoms with Crippen LogP contribution in [-0.4, -0.2) is 4.57 Å². The van der Waals surface area contributed by atoms with Crippen LogP contribution in [0.3, 0.4) is 0 Å². The summed E-state index contributed by atoms with van der Waals surface area (Å²) in [4.78, 5) is 19.4. The first-order valence-corrected chi connectivity index (χ1v) is 13.6. The van der Waals surface area contributed by atoms with Gasteiger partial charge in [0, 0.05) is 15.6 Å². The highest BCUT2D eigenvalue weighted by Gasteiger charge is 2.32. The van der Waals surface area contributed by atoms with E-state index in [9.17, 15) is 9.18 Å². The van der Waals surface area contributed by atoms with Crippen molar-refractivity contribution in [1.82, 2.24) is 4.57 Å². The van der Waals surface area contributed by atoms with Gasteiger partial charge >= 0.3 is 0 Å². The Morgan fingerprint density at radius 1 is 0.919 bits per heavy atom. The number of nitrogens with zero attached hydrogens (tertiary/aromatic N) is 2. The highest BCUT2D eigenvalue weighted by Crippen LogP contribution is 2.41. The molecule has 1 atom stereocenters. The molecule has 184 valence electrons. The van der Waals surface area contributed by atoms with E-state index in [1.807, 2.05) is 48.5 Å². The molecule has 6 rings (SSSR count). The number of hydrogen-bond donors (Lipinski definition) is 0. The van der Waals surface area contributed by atoms with Crippen molar-refractivity contribution in [3.05, 3.63) is 142 Å². The van der Waals surface area contributed by atoms with Gasteiger partial charge in [-0.05, 0) is 84.0 Å². The van der Waals surface area contributed by atoms with Crippen LogP contribution < -0.4 is 14.9 Å². The highest BCUT2D eigenvalue weighted by atomic mass is 35.5. The van der Waals surface area contributed by atoms with Gasteiger partial charge in [0.05, 0.1) is 16.3 Å². The molecule has 4 aromatic rings. The van der Waals surface area contributed by atoms with Crippen LogP contribution >= 0.6 is 34.5 Å². The maximum absolute atomic E-state index is 14.4. The van der Waals surface area contributed by atoms with Crippen molar-refractivity contribution in [2.24, 2.45) is 4.99 Å². The molecule has 2 heterocycles. The van der Waals surface area contributed by atoms with Crippen LogP contribution in [-0.2, 0) is 0 Å². The van der Waals surface area contributed by atoms with Gasteiger partial charge < -0.3 is 0 Å². The maximum atomic E-state index is 14.4. The van der Waals surface area contributed by atoms with E-state index >= 15 is 0 Å². The van der Waals surface area contributed by atoms with Gasteiger partial charge in [-0.1, -0.05) is 77.0 Å². The fourth-order valence-corrected chi connectivity index (χ4v) is 6.24. The maximum Gasteiger partial charge on any atom is 0.271 e. The summed E-state index contributed by atoms with van der Waals surface area (Å²) in [5, 5.41) is 1.33. The summed E-state index contributed by atoms with van der Waals surface area (Å²) in [6.45, 7) is 0. The van der Waals surface area contributed by atoms with Crippen LogP contribution in [0, 0.1) is 5.82 Å². The summed E-state index contributed by atoms with van der Waals surface area (Å²) in [6.07, 6.45) is 6.45. The van der Waals surface area contributed by atoms with Crippen LogP contribution in [0.1, 0.15) is 42.0 Å². The molecule has 1 aromatic heterocycles. The summed E-state index contributed by atoms with van der Waals surface area (Å²) < 4.78 is 16.6. The van der Waals surface area contributed by atoms with E-state index < -0.39 is 0 Å². The van der Waals surface area contributed by atoms with Crippen molar-refractivity contribution >= 4 is 46.7 Å². The van der Waals surface area contributed by atoms with Gasteiger partial charge in [-0.2, -0.15) is 0 Å². The molecule has 1 aliphatic heterocycles. The Morgan fingerprint density at radius 2 is 1.62 bits per heavy atom. The zero-order valence-electron chi connectivity index (χ0n) is 19.6. The molecule has 3 aromatic carbocycles. The molecular formula is C30H21Cl2FN2OS. The Hall–Kier alpha value is -3.25. The quantitative estimate of drug-likeness (QED) is 0.274. The zero-order valence-corrected chi connectivity index (χ0v) is 22.0. The molecular weight excluding hydrogens is 526 g/mol. The molecule has 0 radical (unpaired) electrons. The Balaban J connectivity index is 1.58. The predicted octanol–water partition coefficient (Wildman–Crippen LogP) is 6.93. The minimum absolute atomic E-state index is 0.174. The fraction of sp³-hybridized carbons (Fsp3) is 0.133. The third-order valence-electron chi connectivity index (χ3n) is 6.72. The van der Waals surface area contributed by atoms with Crippen LogP contribution in [0.4, 0.5) is 4.39 Å². The topological polar surface area (TPSA) is 34.4 Å². The van der Waals surface area contributed by atoms with Crippen molar-refractivity contribution in [2.45, 2.75) is 25.3 Å². The molecule has 0 bridgehead atoms. The largest absolute Gasteiger partial charge is 0.272 e. The van der Waals surface area contributed by atoms with Gasteiger partial charge in [0.1, 0.15) is 5.82 Å². The summed E-state index contributed by atoms with van der Waals surface area (Å²) in [5.41, 5.74) is 5.40. The average molecular weight is 547 g/mol. The van der Waals surface area contributed by atoms with Crippen molar-refractivity contribution in [3.8, 4) is 0 Å². The second kappa shape index (κ2) is 9.90. The van der Waals surface area contributed by atoms with Crippen LogP contribution in [0.15, 0.2) is 99.4 Å². The standard InChI is InChI=1S/C30H21Cl2FN2OS/c31-22-12-8-18(9-13-22)16-21-5-3-6-24-27(21)34-30-35(28(24)19-10-14-23(32)15-11-19)29(36)26(37-30)17-20-4-1-2-7-25(20)33/h1-2,4,7-17,28H,3,5-6H2/b21-16-,26-17+/t28-/m1/s1. The van der Waals surface area contributed by atoms with E-state index in [2.05, 4.69) is 6.08 Å². The number of allylic oxidation sites excluding steroid dienone is 2. The van der Waals surface area contributed by atoms with E-state index in [1.165, 1.54) is 17.4 Å². The van der Waals surface area contributed by atoms with E-state index in [0.717, 1.165) is 47.2 Å². The lowest BCUT2D eigenvalue weighted by Gasteiger charge is -2.31. The van der Waals surface area contributed by atoms with Crippen LogP contribution in [0.5, 0.6) is 0 Å². The number of halogens is 3. The lowest BCUT2D eigenvalue weighted by Crippen LogP contribution is -2.39. The highest BCUT2D eigenvalue weighted by molar-refractivity contribution is 7.07. The molecule has 2 aliphatic rings. The van der Waals surface area contributed by atoms with Gasteiger partial charge in [0.15, 0.2) is 4.80 Å². The molecule has 37 heavy (non-hydrogen) atoms. The Kier molecular flexibility index (Phi) is 6.45. The fourth-order valence-electron chi connectivity index (χ4n) is 5.00. The van der Waals surface area contributed by atoms with E-state index in [1.54, 1.807) is 28.8 Å². The van der Waals surface area contributed by atoms with Crippen LogP contribution in [0.25, 0.3) is 12.2 Å². The molecule has 0 spiro atoms. The smallest absolute Gasteiger partial charge is 0.271 e. The van der Waals surface area contributed by atoms with Gasteiger partial charge in [-0.3, -0.25) is 9.36 Å². The van der Waals surface area contributed by atoms with Crippen LogP contribution in [0.2, 0.25) is 10.0 Å². The number of fused-ring (bicyclic) bond motifs is 1. The normalized spacial score (nSPS) is 18.5. The number of thiazole rings is 1. The molecule has 0 saturated heterocycles. The zero-order chi connectivity index (χ0) is 25.5. The predicted molar refractivity (Wildman–Crippen MR) is 149 cm³/mol. The second-order valence-corrected chi connectivity index (χ2v) is 11.0. The van der Waals surface area contributed by atoms with Crippen molar-refractivity contribution in [2.75, 3.05) is 0 Å². The molecule has 3 nitrogen and oxygen atoms in total. The first kappa shape index (κ1) is 24.1. The monoisotopic (exact) mass is 546 g/mol. The summed E-state index contributed by atoms with van der Waals surface area (Å²) >= 11 is 13.6. The molecule has 7 heteroatoms. The molecule has 0 amide bonds. The van der Waals surface area contributed by atoms with E-state index in [4.69, 9.17) is 28.2 Å². The summed E-state index contributed by atoms with van der Waals surface area (Å²) in [7, 11) is 0. The van der Waals surface area contributed by atoms with Crippen molar-refractivity contribution < 1.29 is 4.39 Å². The lowest BCUT2D eigenvalue weighted by atomic mass is 9.84. The number of rotatable bonds is 3. The SMILES string of the molecule is O=c1/c(=C\c2ccccc2F)sc2n1[C@H](c1ccc(Cl)cc1)C1=C(N=2)/C(=C\c2ccc(Cl)cc2)CCC1. The van der Waals surface area contributed by atoms with Gasteiger partial charge in [0.25, 0.3) is 5.56 Å². The number of hydrogen-bond acceptors (Lipinski definition) is 3.